The van der Waals surface area contributed by atoms with Crippen LogP contribution in [0.3, 0.4) is 0 Å². The smallest absolute Gasteiger partial charge is 0.239 e. The number of piperidine rings is 1. The van der Waals surface area contributed by atoms with Crippen LogP contribution in [0.15, 0.2) is 53.0 Å². The van der Waals surface area contributed by atoms with Crippen molar-refractivity contribution in [3.05, 3.63) is 54.0 Å². The highest BCUT2D eigenvalue weighted by Crippen LogP contribution is 2.33. The minimum Gasteiger partial charge on any atom is -0.372 e. The molecule has 2 aromatic heterocycles. The van der Waals surface area contributed by atoms with Crippen LogP contribution in [0.25, 0.3) is 16.6 Å². The molecule has 0 bridgehead atoms. The van der Waals surface area contributed by atoms with Crippen LogP contribution >= 0.6 is 0 Å². The molecule has 0 spiro atoms. The first-order valence-corrected chi connectivity index (χ1v) is 14.9. The number of halogens is 2. The van der Waals surface area contributed by atoms with Gasteiger partial charge in [-0.05, 0) is 69.4 Å². The molecule has 0 amide bonds. The van der Waals surface area contributed by atoms with Gasteiger partial charge in [0, 0.05) is 36.5 Å². The molecule has 1 aliphatic heterocycles. The van der Waals surface area contributed by atoms with Gasteiger partial charge in [0.1, 0.15) is 17.3 Å². The Morgan fingerprint density at radius 1 is 1.28 bits per heavy atom. The molecule has 1 saturated heterocycles. The Hall–Kier alpha value is -3.87. The number of benzene rings is 1. The van der Waals surface area contributed by atoms with E-state index < -0.39 is 11.8 Å². The second kappa shape index (κ2) is 16.7. The van der Waals surface area contributed by atoms with E-state index in [2.05, 4.69) is 58.6 Å². The van der Waals surface area contributed by atoms with Gasteiger partial charge in [0.2, 0.25) is 5.95 Å². The fraction of sp³-hybridized carbons (Fsp3) is 0.545. The number of allylic oxidation sites excluding steroid dienone is 1. The number of alkyl halides is 2. The third-order valence-corrected chi connectivity index (χ3v) is 6.81. The zero-order valence-electron chi connectivity index (χ0n) is 27.7. The van der Waals surface area contributed by atoms with Gasteiger partial charge in [-0.15, -0.1) is 5.10 Å². The maximum atomic E-state index is 13.8. The molecule has 2 atom stereocenters. The SMILES string of the molecule is C=C(N1CCCC(C)(F)C1)C(C)(C)C.CC.CC[C@H](C)F.CN=Nc1ccc(-c2ccn3nc(N)nc(C#N)c23)cc1C. The maximum Gasteiger partial charge on any atom is 0.239 e. The summed E-state index contributed by atoms with van der Waals surface area (Å²) in [5.41, 5.74) is 10.2. The van der Waals surface area contributed by atoms with E-state index in [1.54, 1.807) is 31.6 Å². The zero-order valence-corrected chi connectivity index (χ0v) is 27.7. The minimum absolute atomic E-state index is 0.0490. The molecule has 1 unspecified atom stereocenters. The van der Waals surface area contributed by atoms with Gasteiger partial charge in [0.15, 0.2) is 5.69 Å². The number of nitrogens with two attached hydrogens (primary N) is 1. The van der Waals surface area contributed by atoms with Crippen molar-refractivity contribution < 1.29 is 8.78 Å². The largest absolute Gasteiger partial charge is 0.372 e. The van der Waals surface area contributed by atoms with Crippen LogP contribution in [0, 0.1) is 23.7 Å². The fourth-order valence-electron chi connectivity index (χ4n) is 4.29. The third kappa shape index (κ3) is 11.0. The second-order valence-electron chi connectivity index (χ2n) is 11.6. The van der Waals surface area contributed by atoms with Crippen molar-refractivity contribution in [3.63, 3.8) is 0 Å². The molecular weight excluding hydrogens is 546 g/mol. The number of nitrogen functional groups attached to an aromatic ring is 1. The molecule has 0 saturated carbocycles. The van der Waals surface area contributed by atoms with Crippen molar-refractivity contribution in [2.24, 2.45) is 15.6 Å². The number of hydrogen-bond donors (Lipinski definition) is 1. The van der Waals surface area contributed by atoms with Gasteiger partial charge in [-0.25, -0.2) is 13.3 Å². The number of nitrogens with zero attached hydrogens (tertiary/aromatic N) is 7. The summed E-state index contributed by atoms with van der Waals surface area (Å²) in [5.74, 6) is 0.0704. The van der Waals surface area contributed by atoms with Crippen LogP contribution < -0.4 is 5.73 Å². The molecule has 236 valence electrons. The summed E-state index contributed by atoms with van der Waals surface area (Å²) in [5, 5.41) is 21.2. The van der Waals surface area contributed by atoms with Crippen molar-refractivity contribution in [1.82, 2.24) is 19.5 Å². The van der Waals surface area contributed by atoms with Gasteiger partial charge in [-0.2, -0.15) is 20.5 Å². The Morgan fingerprint density at radius 3 is 2.40 bits per heavy atom. The summed E-state index contributed by atoms with van der Waals surface area (Å²) in [6, 6.07) is 9.78. The minimum atomic E-state index is -1.04. The van der Waals surface area contributed by atoms with E-state index >= 15 is 0 Å². The van der Waals surface area contributed by atoms with Gasteiger partial charge in [0.25, 0.3) is 0 Å². The third-order valence-electron chi connectivity index (χ3n) is 6.81. The number of anilines is 1. The average molecular weight is 597 g/mol. The topological polar surface area (TPSA) is 108 Å². The first-order chi connectivity index (χ1) is 20.1. The quantitative estimate of drug-likeness (QED) is 0.302. The summed E-state index contributed by atoms with van der Waals surface area (Å²) in [6.07, 6.45) is 3.40. The molecule has 0 aliphatic carbocycles. The molecule has 8 nitrogen and oxygen atoms in total. The van der Waals surface area contributed by atoms with Crippen LogP contribution in [0.4, 0.5) is 20.4 Å². The normalized spacial score (nSPS) is 17.0. The molecule has 0 radical (unpaired) electrons. The highest BCUT2D eigenvalue weighted by Gasteiger charge is 2.33. The van der Waals surface area contributed by atoms with Gasteiger partial charge < -0.3 is 10.6 Å². The summed E-state index contributed by atoms with van der Waals surface area (Å²) in [7, 11) is 1.63. The van der Waals surface area contributed by atoms with Crippen molar-refractivity contribution in [1.29, 1.82) is 5.26 Å². The van der Waals surface area contributed by atoms with E-state index in [0.29, 0.717) is 24.9 Å². The van der Waals surface area contributed by atoms with E-state index in [1.807, 2.05) is 52.0 Å². The number of likely N-dealkylation sites (tertiary alicyclic amines) is 1. The van der Waals surface area contributed by atoms with Gasteiger partial charge >= 0.3 is 0 Å². The first-order valence-electron chi connectivity index (χ1n) is 14.9. The van der Waals surface area contributed by atoms with Gasteiger partial charge in [-0.3, -0.25) is 0 Å². The first kappa shape index (κ1) is 37.2. The van der Waals surface area contributed by atoms with Crippen LogP contribution in [0.1, 0.15) is 85.9 Å². The molecule has 3 aromatic rings. The number of hydrogen-bond acceptors (Lipinski definition) is 7. The molecule has 10 heteroatoms. The number of aryl methyl sites for hydroxylation is 1. The molecule has 1 aromatic carbocycles. The second-order valence-corrected chi connectivity index (χ2v) is 11.6. The molecule has 1 aliphatic rings. The summed E-state index contributed by atoms with van der Waals surface area (Å²) in [4.78, 5) is 6.10. The Morgan fingerprint density at radius 2 is 1.91 bits per heavy atom. The predicted molar refractivity (Wildman–Crippen MR) is 174 cm³/mol. The van der Waals surface area contributed by atoms with Crippen molar-refractivity contribution in [2.75, 3.05) is 25.9 Å². The molecule has 3 heterocycles. The summed E-state index contributed by atoms with van der Waals surface area (Å²) >= 11 is 0. The molecule has 1 fully saturated rings. The summed E-state index contributed by atoms with van der Waals surface area (Å²) < 4.78 is 26.8. The monoisotopic (exact) mass is 596 g/mol. The lowest BCUT2D eigenvalue weighted by atomic mass is 9.88. The van der Waals surface area contributed by atoms with Gasteiger partial charge in [-0.1, -0.05) is 54.2 Å². The Kier molecular flexibility index (Phi) is 14.4. The van der Waals surface area contributed by atoms with Crippen LogP contribution in [-0.4, -0.2) is 51.5 Å². The van der Waals surface area contributed by atoms with E-state index in [0.717, 1.165) is 41.0 Å². The number of nitriles is 1. The lowest BCUT2D eigenvalue weighted by Gasteiger charge is -2.41. The van der Waals surface area contributed by atoms with Crippen molar-refractivity contribution in [2.45, 2.75) is 93.4 Å². The van der Waals surface area contributed by atoms with E-state index in [-0.39, 0.29) is 17.1 Å². The lowest BCUT2D eigenvalue weighted by molar-refractivity contribution is 0.0687. The van der Waals surface area contributed by atoms with Crippen LogP contribution in [0.2, 0.25) is 0 Å². The molecule has 2 N–H and O–H groups in total. The highest BCUT2D eigenvalue weighted by molar-refractivity contribution is 5.85. The zero-order chi connectivity index (χ0) is 33.0. The summed E-state index contributed by atoms with van der Waals surface area (Å²) in [6.45, 7) is 22.9. The predicted octanol–water partition coefficient (Wildman–Crippen LogP) is 9.02. The maximum absolute atomic E-state index is 13.8. The van der Waals surface area contributed by atoms with Crippen molar-refractivity contribution in [3.8, 4) is 17.2 Å². The van der Waals surface area contributed by atoms with E-state index in [9.17, 15) is 14.0 Å². The lowest BCUT2D eigenvalue weighted by Crippen LogP contribution is -2.44. The Bertz CT molecular complexity index is 1390. The Labute approximate surface area is 256 Å². The number of fused-ring (bicyclic) bond motifs is 1. The standard InChI is InChI=1S/C15H13N7.C12H22FN.C4H9F.C2H6/c1-9-7-10(3-4-12(9)20-18-2)11-5-6-22-14(11)13(8-16)19-15(17)21-22;1-10(11(2,3)4)14-8-6-7-12(5,13)9-14;1-3-4(2)5;1-2/h3-7H,1-2H3,(H2,17,21);1,6-9H2,2-5H3;4H,3H2,1-2H3;1-2H3/t;;4-;/m..0./s1. The Balaban J connectivity index is 0.000000377. The highest BCUT2D eigenvalue weighted by atomic mass is 19.1. The number of azo groups is 1. The molecular formula is C33H50F2N8. The van der Waals surface area contributed by atoms with Gasteiger partial charge in [0.05, 0.1) is 18.4 Å². The fourth-order valence-corrected chi connectivity index (χ4v) is 4.29. The van der Waals surface area contributed by atoms with E-state index in [1.165, 1.54) is 0 Å². The number of aromatic nitrogens is 3. The average Bonchev–Trinajstić information content (AvgIpc) is 3.38. The van der Waals surface area contributed by atoms with Crippen LogP contribution in [0.5, 0.6) is 0 Å². The van der Waals surface area contributed by atoms with E-state index in [4.69, 9.17) is 5.73 Å². The molecule has 4 rings (SSSR count). The molecule has 43 heavy (non-hydrogen) atoms. The van der Waals surface area contributed by atoms with Crippen molar-refractivity contribution >= 4 is 17.2 Å². The van der Waals surface area contributed by atoms with Crippen LogP contribution in [-0.2, 0) is 0 Å². The number of rotatable bonds is 4.